The molecule has 1 heterocycles. The van der Waals surface area contributed by atoms with Crippen LogP contribution in [0.15, 0.2) is 24.3 Å². The Hall–Kier alpha value is -1.73. The fraction of sp³-hybridized carbons (Fsp3) is 0.500. The van der Waals surface area contributed by atoms with Crippen LogP contribution in [0.1, 0.15) is 12.8 Å². The zero-order chi connectivity index (χ0) is 12.6. The Kier molecular flexibility index (Phi) is 4.86. The normalized spacial score (nSPS) is 18.9. The number of benzene rings is 1. The van der Waals surface area contributed by atoms with Crippen LogP contribution in [0.4, 0.5) is 5.69 Å². The van der Waals surface area contributed by atoms with Crippen molar-refractivity contribution in [3.05, 3.63) is 24.3 Å². The standard InChI is InChI=1S/C14H18N2O2/c15-7-9-18-14-5-3-13(4-6-14)16-10-12-2-1-8-17-11-12/h3-6,12,16H,1-2,8-11H2. The van der Waals surface area contributed by atoms with E-state index < -0.39 is 0 Å². The van der Waals surface area contributed by atoms with Gasteiger partial charge in [-0.15, -0.1) is 0 Å². The minimum Gasteiger partial charge on any atom is -0.479 e. The largest absolute Gasteiger partial charge is 0.479 e. The van der Waals surface area contributed by atoms with Crippen LogP contribution in [0.25, 0.3) is 0 Å². The highest BCUT2D eigenvalue weighted by Crippen LogP contribution is 2.18. The molecule has 0 saturated carbocycles. The van der Waals surface area contributed by atoms with Crippen molar-refractivity contribution >= 4 is 5.69 Å². The lowest BCUT2D eigenvalue weighted by Gasteiger charge is -2.22. The number of nitrogens with one attached hydrogen (secondary N) is 1. The quantitative estimate of drug-likeness (QED) is 0.867. The van der Waals surface area contributed by atoms with Crippen molar-refractivity contribution in [3.63, 3.8) is 0 Å². The predicted molar refractivity (Wildman–Crippen MR) is 69.6 cm³/mol. The number of nitriles is 1. The second-order valence-electron chi connectivity index (χ2n) is 4.44. The molecule has 0 aliphatic carbocycles. The lowest BCUT2D eigenvalue weighted by Crippen LogP contribution is -2.24. The fourth-order valence-electron chi connectivity index (χ4n) is 2.02. The van der Waals surface area contributed by atoms with Gasteiger partial charge in [0.2, 0.25) is 0 Å². The van der Waals surface area contributed by atoms with Crippen LogP contribution in [-0.2, 0) is 4.74 Å². The first-order valence-corrected chi connectivity index (χ1v) is 6.30. The van der Waals surface area contributed by atoms with Gasteiger partial charge in [0.15, 0.2) is 6.61 Å². The molecule has 0 bridgehead atoms. The van der Waals surface area contributed by atoms with Gasteiger partial charge in [-0.1, -0.05) is 0 Å². The van der Waals surface area contributed by atoms with Gasteiger partial charge in [-0.05, 0) is 43.0 Å². The third kappa shape index (κ3) is 3.94. The maximum atomic E-state index is 8.41. The second-order valence-corrected chi connectivity index (χ2v) is 4.44. The van der Waals surface area contributed by atoms with Gasteiger partial charge < -0.3 is 14.8 Å². The molecule has 4 heteroatoms. The summed E-state index contributed by atoms with van der Waals surface area (Å²) in [5.41, 5.74) is 1.07. The number of rotatable bonds is 5. The smallest absolute Gasteiger partial charge is 0.174 e. The molecule has 1 aromatic rings. The van der Waals surface area contributed by atoms with Crippen LogP contribution in [0.3, 0.4) is 0 Å². The third-order valence-corrected chi connectivity index (χ3v) is 3.01. The Balaban J connectivity index is 1.77. The summed E-state index contributed by atoms with van der Waals surface area (Å²) in [5, 5.41) is 11.8. The molecule has 18 heavy (non-hydrogen) atoms. The lowest BCUT2D eigenvalue weighted by atomic mass is 10.0. The van der Waals surface area contributed by atoms with E-state index in [-0.39, 0.29) is 6.61 Å². The summed E-state index contributed by atoms with van der Waals surface area (Å²) < 4.78 is 10.6. The first kappa shape index (κ1) is 12.7. The van der Waals surface area contributed by atoms with E-state index in [2.05, 4.69) is 5.32 Å². The van der Waals surface area contributed by atoms with E-state index in [4.69, 9.17) is 14.7 Å². The highest BCUT2D eigenvalue weighted by molar-refractivity contribution is 5.46. The molecular formula is C14H18N2O2. The van der Waals surface area contributed by atoms with Gasteiger partial charge in [-0.3, -0.25) is 0 Å². The first-order valence-electron chi connectivity index (χ1n) is 6.30. The van der Waals surface area contributed by atoms with Crippen molar-refractivity contribution in [1.29, 1.82) is 5.26 Å². The summed E-state index contributed by atoms with van der Waals surface area (Å²) in [6, 6.07) is 9.63. The molecule has 2 rings (SSSR count). The Morgan fingerprint density at radius 3 is 2.89 bits per heavy atom. The average Bonchev–Trinajstić information content (AvgIpc) is 2.45. The highest BCUT2D eigenvalue weighted by atomic mass is 16.5. The molecule has 1 N–H and O–H groups in total. The van der Waals surface area contributed by atoms with Crippen molar-refractivity contribution in [2.24, 2.45) is 5.92 Å². The predicted octanol–water partition coefficient (Wildman–Crippen LogP) is 2.43. The van der Waals surface area contributed by atoms with Gasteiger partial charge in [-0.25, -0.2) is 0 Å². The topological polar surface area (TPSA) is 54.3 Å². The van der Waals surface area contributed by atoms with Crippen LogP contribution in [0.2, 0.25) is 0 Å². The molecule has 1 fully saturated rings. The zero-order valence-corrected chi connectivity index (χ0v) is 10.4. The van der Waals surface area contributed by atoms with Gasteiger partial charge >= 0.3 is 0 Å². The van der Waals surface area contributed by atoms with Crippen molar-refractivity contribution in [2.45, 2.75) is 12.8 Å². The molecule has 0 amide bonds. The maximum Gasteiger partial charge on any atom is 0.174 e. The van der Waals surface area contributed by atoms with Crippen LogP contribution >= 0.6 is 0 Å². The second kappa shape index (κ2) is 6.87. The highest BCUT2D eigenvalue weighted by Gasteiger charge is 2.13. The number of anilines is 1. The minimum absolute atomic E-state index is 0.0895. The zero-order valence-electron chi connectivity index (χ0n) is 10.4. The molecule has 4 nitrogen and oxygen atoms in total. The van der Waals surface area contributed by atoms with E-state index in [1.165, 1.54) is 6.42 Å². The van der Waals surface area contributed by atoms with Crippen LogP contribution in [0.5, 0.6) is 5.75 Å². The molecule has 1 aromatic carbocycles. The van der Waals surface area contributed by atoms with Crippen molar-refractivity contribution in [1.82, 2.24) is 0 Å². The number of ether oxygens (including phenoxy) is 2. The first-order chi connectivity index (χ1) is 8.88. The molecule has 1 atom stereocenters. The van der Waals surface area contributed by atoms with Gasteiger partial charge in [-0.2, -0.15) is 5.26 Å². The molecule has 1 aliphatic rings. The lowest BCUT2D eigenvalue weighted by molar-refractivity contribution is 0.0595. The van der Waals surface area contributed by atoms with E-state index in [0.717, 1.165) is 37.6 Å². The van der Waals surface area contributed by atoms with E-state index in [1.807, 2.05) is 30.3 Å². The monoisotopic (exact) mass is 246 g/mol. The molecule has 96 valence electrons. The van der Waals surface area contributed by atoms with Gasteiger partial charge in [0, 0.05) is 18.8 Å². The molecule has 1 aliphatic heterocycles. The molecule has 1 unspecified atom stereocenters. The Morgan fingerprint density at radius 1 is 1.39 bits per heavy atom. The SMILES string of the molecule is N#CCOc1ccc(NCC2CCCOC2)cc1. The van der Waals surface area contributed by atoms with Gasteiger partial charge in [0.1, 0.15) is 11.8 Å². The summed E-state index contributed by atoms with van der Waals surface area (Å²) in [6.45, 7) is 2.79. The number of hydrogen-bond donors (Lipinski definition) is 1. The summed E-state index contributed by atoms with van der Waals surface area (Å²) >= 11 is 0. The van der Waals surface area contributed by atoms with Crippen molar-refractivity contribution < 1.29 is 9.47 Å². The Bertz CT molecular complexity index is 391. The van der Waals surface area contributed by atoms with Gasteiger partial charge in [0.05, 0.1) is 6.61 Å². The third-order valence-electron chi connectivity index (χ3n) is 3.01. The summed E-state index contributed by atoms with van der Waals surface area (Å²) in [6.07, 6.45) is 2.39. The van der Waals surface area contributed by atoms with E-state index in [0.29, 0.717) is 5.92 Å². The fourth-order valence-corrected chi connectivity index (χ4v) is 2.02. The molecular weight excluding hydrogens is 228 g/mol. The van der Waals surface area contributed by atoms with Crippen molar-refractivity contribution in [3.8, 4) is 11.8 Å². The number of nitrogens with zero attached hydrogens (tertiary/aromatic N) is 1. The molecule has 0 aromatic heterocycles. The number of hydrogen-bond acceptors (Lipinski definition) is 4. The van der Waals surface area contributed by atoms with E-state index in [1.54, 1.807) is 0 Å². The van der Waals surface area contributed by atoms with Crippen LogP contribution in [0, 0.1) is 17.2 Å². The Labute approximate surface area is 108 Å². The summed E-state index contributed by atoms with van der Waals surface area (Å²) in [7, 11) is 0. The van der Waals surface area contributed by atoms with Gasteiger partial charge in [0.25, 0.3) is 0 Å². The van der Waals surface area contributed by atoms with Crippen LogP contribution in [-0.4, -0.2) is 26.4 Å². The van der Waals surface area contributed by atoms with Crippen LogP contribution < -0.4 is 10.1 Å². The van der Waals surface area contributed by atoms with E-state index >= 15 is 0 Å². The molecule has 0 spiro atoms. The van der Waals surface area contributed by atoms with E-state index in [9.17, 15) is 0 Å². The summed E-state index contributed by atoms with van der Waals surface area (Å²) in [4.78, 5) is 0. The maximum absolute atomic E-state index is 8.41. The molecule has 0 radical (unpaired) electrons. The minimum atomic E-state index is 0.0895. The summed E-state index contributed by atoms with van der Waals surface area (Å²) in [5.74, 6) is 1.33. The average molecular weight is 246 g/mol. The molecule has 1 saturated heterocycles. The Morgan fingerprint density at radius 2 is 2.22 bits per heavy atom. The van der Waals surface area contributed by atoms with Crippen molar-refractivity contribution in [2.75, 3.05) is 31.7 Å².